The van der Waals surface area contributed by atoms with Gasteiger partial charge in [-0.2, -0.15) is 0 Å². The van der Waals surface area contributed by atoms with E-state index in [1.54, 1.807) is 18.2 Å². The third kappa shape index (κ3) is 3.37. The number of para-hydroxylation sites is 1. The van der Waals surface area contributed by atoms with Crippen LogP contribution in [0.4, 0.5) is 11.5 Å². The van der Waals surface area contributed by atoms with Gasteiger partial charge in [0.1, 0.15) is 5.75 Å². The summed E-state index contributed by atoms with van der Waals surface area (Å²) in [5.41, 5.74) is 16.2. The molecular weight excluding hydrogens is 290 g/mol. The second-order valence-corrected chi connectivity index (χ2v) is 6.30. The van der Waals surface area contributed by atoms with Gasteiger partial charge in [-0.3, -0.25) is 0 Å². The molecule has 6 heteroatoms. The summed E-state index contributed by atoms with van der Waals surface area (Å²) in [6.07, 6.45) is 1.96. The largest absolute Gasteiger partial charge is 0.673 e. The molecule has 2 heterocycles. The van der Waals surface area contributed by atoms with E-state index in [9.17, 15) is 5.11 Å². The molecule has 2 atom stereocenters. The van der Waals surface area contributed by atoms with E-state index in [0.717, 1.165) is 25.1 Å². The first-order valence-electron chi connectivity index (χ1n) is 7.92. The van der Waals surface area contributed by atoms with Crippen molar-refractivity contribution in [2.75, 3.05) is 23.7 Å². The first kappa shape index (κ1) is 15.6. The number of phenols is 1. The predicted molar refractivity (Wildman–Crippen MR) is 92.3 cm³/mol. The third-order valence-corrected chi connectivity index (χ3v) is 4.30. The number of anilines is 2. The van der Waals surface area contributed by atoms with E-state index in [1.807, 2.05) is 12.1 Å². The zero-order valence-electron chi connectivity index (χ0n) is 13.2. The van der Waals surface area contributed by atoms with E-state index in [-0.39, 0.29) is 11.8 Å². The van der Waals surface area contributed by atoms with Crippen LogP contribution < -0.4 is 10.6 Å². The summed E-state index contributed by atoms with van der Waals surface area (Å²) in [5, 5.41) is 18.2. The van der Waals surface area contributed by atoms with E-state index in [4.69, 9.17) is 11.5 Å². The molecule has 4 N–H and O–H groups in total. The molecule has 122 valence electrons. The number of hydrogen-bond donors (Lipinski definition) is 2. The summed E-state index contributed by atoms with van der Waals surface area (Å²) in [7, 11) is 0. The van der Waals surface area contributed by atoms with Crippen molar-refractivity contribution in [3.05, 3.63) is 36.1 Å². The summed E-state index contributed by atoms with van der Waals surface area (Å²) in [6.45, 7) is 3.69. The van der Waals surface area contributed by atoms with Crippen molar-refractivity contribution in [1.29, 1.82) is 0 Å². The number of nitrogens with one attached hydrogen (secondary N) is 1. The predicted octanol–water partition coefficient (Wildman–Crippen LogP) is 3.09. The molecule has 0 spiro atoms. The van der Waals surface area contributed by atoms with E-state index >= 15 is 0 Å². The van der Waals surface area contributed by atoms with Gasteiger partial charge in [0.2, 0.25) is 0 Å². The molecule has 0 amide bonds. The lowest BCUT2D eigenvalue weighted by Crippen LogP contribution is -2.32. The van der Waals surface area contributed by atoms with Crippen molar-refractivity contribution in [2.45, 2.75) is 25.8 Å². The van der Waals surface area contributed by atoms with Gasteiger partial charge in [-0.25, -0.2) is 0 Å². The van der Waals surface area contributed by atoms with Gasteiger partial charge in [-0.05, 0) is 24.1 Å². The summed E-state index contributed by atoms with van der Waals surface area (Å²) in [5.74, 6) is 1.04. The Morgan fingerprint density at radius 1 is 1.22 bits per heavy atom. The highest BCUT2D eigenvalue weighted by Gasteiger charge is 2.20. The van der Waals surface area contributed by atoms with Crippen molar-refractivity contribution in [3.8, 4) is 17.0 Å². The Morgan fingerprint density at radius 3 is 2.78 bits per heavy atom. The van der Waals surface area contributed by atoms with E-state index in [0.29, 0.717) is 29.5 Å². The molecule has 0 aliphatic carbocycles. The number of hydrogen-bond acceptors (Lipinski definition) is 5. The number of aromatic nitrogens is 2. The Bertz CT molecular complexity index is 678. The average Bonchev–Trinajstić information content (AvgIpc) is 2.70. The molecule has 0 saturated carbocycles. The fourth-order valence-corrected chi connectivity index (χ4v) is 3.05. The van der Waals surface area contributed by atoms with E-state index < -0.39 is 0 Å². The molecule has 1 fully saturated rings. The second-order valence-electron chi connectivity index (χ2n) is 6.30. The fourth-order valence-electron chi connectivity index (χ4n) is 3.05. The van der Waals surface area contributed by atoms with Gasteiger partial charge in [0.15, 0.2) is 5.82 Å². The number of nitrogens with zero attached hydrogens (tertiary/aromatic N) is 3. The van der Waals surface area contributed by atoms with Crippen LogP contribution in [0.15, 0.2) is 30.3 Å². The summed E-state index contributed by atoms with van der Waals surface area (Å²) in [4.78, 5) is 2.13. The maximum atomic E-state index is 10.0. The zero-order chi connectivity index (χ0) is 16.4. The number of aromatic hydroxyl groups is 1. The molecular formula is C17H22N5O-. The molecule has 3 rings (SSSR count). The summed E-state index contributed by atoms with van der Waals surface area (Å²) in [6, 6.07) is 8.79. The summed E-state index contributed by atoms with van der Waals surface area (Å²) < 4.78 is 0. The first-order chi connectivity index (χ1) is 11.0. The zero-order valence-corrected chi connectivity index (χ0v) is 13.2. The molecule has 23 heavy (non-hydrogen) atoms. The van der Waals surface area contributed by atoms with E-state index in [2.05, 4.69) is 22.0 Å². The quantitative estimate of drug-likeness (QED) is 0.887. The maximum absolute atomic E-state index is 10.0. The van der Waals surface area contributed by atoms with Crippen molar-refractivity contribution in [3.63, 3.8) is 0 Å². The minimum Gasteiger partial charge on any atom is -0.673 e. The molecule has 1 aromatic carbocycles. The lowest BCUT2D eigenvalue weighted by molar-refractivity contribution is 0.477. The number of rotatable bonds is 2. The van der Waals surface area contributed by atoms with Gasteiger partial charge in [-0.1, -0.05) is 31.9 Å². The molecule has 1 aromatic heterocycles. The minimum atomic E-state index is -0.124. The number of phenolic OH excluding ortho intramolecular Hbond substituents is 1. The third-order valence-electron chi connectivity index (χ3n) is 4.30. The van der Waals surface area contributed by atoms with Crippen LogP contribution in [0.25, 0.3) is 17.0 Å². The van der Waals surface area contributed by atoms with Gasteiger partial charge < -0.3 is 21.5 Å². The standard InChI is InChI=1S/C17H22N5O/c1-11-6-7-12(18)10-22(9-11)15-8-14(20-21-17(15)19)13-4-2-3-5-16(13)23/h2-5,8,11-12,18,23H,6-7,9-10H2,1H3,(H2,19,21)/q-1/t11-,12+/m1/s1. The van der Waals surface area contributed by atoms with E-state index in [1.165, 1.54) is 0 Å². The van der Waals surface area contributed by atoms with Gasteiger partial charge >= 0.3 is 0 Å². The van der Waals surface area contributed by atoms with Gasteiger partial charge in [0, 0.05) is 18.7 Å². The number of nitrogen functional groups attached to an aromatic ring is 1. The smallest absolute Gasteiger partial charge is 0.169 e. The van der Waals surface area contributed by atoms with Crippen LogP contribution in [-0.2, 0) is 0 Å². The maximum Gasteiger partial charge on any atom is 0.169 e. The Balaban J connectivity index is 1.99. The monoisotopic (exact) mass is 312 g/mol. The topological polar surface area (TPSA) is 99.1 Å². The van der Waals surface area contributed by atoms with Crippen LogP contribution in [0.1, 0.15) is 19.8 Å². The molecule has 0 unspecified atom stereocenters. The Morgan fingerprint density at radius 2 is 2.00 bits per heavy atom. The Labute approximate surface area is 136 Å². The van der Waals surface area contributed by atoms with Crippen LogP contribution in [-0.4, -0.2) is 34.4 Å². The molecule has 2 aromatic rings. The van der Waals surface area contributed by atoms with Crippen LogP contribution >= 0.6 is 0 Å². The molecule has 1 saturated heterocycles. The molecule has 0 bridgehead atoms. The molecule has 0 radical (unpaired) electrons. The normalized spacial score (nSPS) is 21.9. The molecule has 6 nitrogen and oxygen atoms in total. The second kappa shape index (κ2) is 6.42. The SMILES string of the molecule is C[C@@H]1CC[C@H]([NH-])CN(c2cc(-c3ccccc3O)nnc2N)C1. The fraction of sp³-hybridized carbons (Fsp3) is 0.412. The first-order valence-corrected chi connectivity index (χ1v) is 7.92. The molecule has 1 aliphatic rings. The van der Waals surface area contributed by atoms with Crippen LogP contribution in [0.2, 0.25) is 0 Å². The van der Waals surface area contributed by atoms with Crippen molar-refractivity contribution >= 4 is 11.5 Å². The van der Waals surface area contributed by atoms with Crippen molar-refractivity contribution in [2.24, 2.45) is 5.92 Å². The highest BCUT2D eigenvalue weighted by molar-refractivity contribution is 5.74. The minimum absolute atomic E-state index is 0.124. The highest BCUT2D eigenvalue weighted by atomic mass is 16.3. The number of nitrogens with two attached hydrogens (primary N) is 1. The number of benzene rings is 1. The van der Waals surface area contributed by atoms with Gasteiger partial charge in [0.25, 0.3) is 0 Å². The van der Waals surface area contributed by atoms with Gasteiger partial charge in [-0.15, -0.1) is 16.2 Å². The van der Waals surface area contributed by atoms with Crippen LogP contribution in [0, 0.1) is 5.92 Å². The van der Waals surface area contributed by atoms with Gasteiger partial charge in [0.05, 0.1) is 11.4 Å². The summed E-state index contributed by atoms with van der Waals surface area (Å²) >= 11 is 0. The van der Waals surface area contributed by atoms with Crippen LogP contribution in [0.5, 0.6) is 5.75 Å². The lowest BCUT2D eigenvalue weighted by atomic mass is 10.0. The van der Waals surface area contributed by atoms with Crippen molar-refractivity contribution in [1.82, 2.24) is 10.2 Å². The molecule has 1 aliphatic heterocycles. The Hall–Kier alpha value is -2.34. The van der Waals surface area contributed by atoms with Crippen molar-refractivity contribution < 1.29 is 5.11 Å². The lowest BCUT2D eigenvalue weighted by Gasteiger charge is -2.30. The average molecular weight is 312 g/mol. The highest BCUT2D eigenvalue weighted by Crippen LogP contribution is 2.32. The van der Waals surface area contributed by atoms with Crippen LogP contribution in [0.3, 0.4) is 0 Å². The Kier molecular flexibility index (Phi) is 4.34.